The van der Waals surface area contributed by atoms with Crippen molar-refractivity contribution in [2.75, 3.05) is 7.05 Å². The van der Waals surface area contributed by atoms with Gasteiger partial charge in [0.15, 0.2) is 0 Å². The molecule has 0 radical (unpaired) electrons. The van der Waals surface area contributed by atoms with Gasteiger partial charge in [0.25, 0.3) is 0 Å². The highest BCUT2D eigenvalue weighted by Crippen LogP contribution is 1.97. The van der Waals surface area contributed by atoms with Crippen molar-refractivity contribution in [1.29, 1.82) is 0 Å². The molecule has 1 aromatic rings. The molecular formula is C8H13N5. The molecule has 0 atom stereocenters. The van der Waals surface area contributed by atoms with Crippen LogP contribution in [0, 0.1) is 0 Å². The van der Waals surface area contributed by atoms with Gasteiger partial charge >= 0.3 is 0 Å². The zero-order valence-electron chi connectivity index (χ0n) is 7.51. The summed E-state index contributed by atoms with van der Waals surface area (Å²) in [5, 5.41) is 3.38. The topological polar surface area (TPSA) is 80.5 Å². The molecule has 4 N–H and O–H groups in total. The second-order valence-electron chi connectivity index (χ2n) is 2.66. The standard InChI is InChI=1S/C8H13N5/c1-13(8(9)12-10)6-7-4-2-3-5-11-7/h2-5H,6,10H2,1H3,(H2,9,12). The average molecular weight is 179 g/mol. The number of nitrogens with zero attached hydrogens (tertiary/aromatic N) is 3. The van der Waals surface area contributed by atoms with Crippen LogP contribution in [-0.4, -0.2) is 22.9 Å². The van der Waals surface area contributed by atoms with Gasteiger partial charge in [-0.3, -0.25) is 4.98 Å². The average Bonchev–Trinajstić information content (AvgIpc) is 2.18. The van der Waals surface area contributed by atoms with Gasteiger partial charge in [-0.1, -0.05) is 6.07 Å². The third-order valence-corrected chi connectivity index (χ3v) is 1.65. The van der Waals surface area contributed by atoms with E-state index in [-0.39, 0.29) is 0 Å². The Kier molecular flexibility index (Phi) is 3.08. The van der Waals surface area contributed by atoms with Gasteiger partial charge in [0.2, 0.25) is 5.96 Å². The molecule has 0 aromatic carbocycles. The molecule has 0 saturated heterocycles. The molecule has 0 aliphatic rings. The Morgan fingerprint density at radius 2 is 2.38 bits per heavy atom. The van der Waals surface area contributed by atoms with Crippen molar-refractivity contribution in [2.24, 2.45) is 16.7 Å². The Hall–Kier alpha value is -1.78. The van der Waals surface area contributed by atoms with Gasteiger partial charge in [-0.25, -0.2) is 0 Å². The maximum Gasteiger partial charge on any atom is 0.213 e. The lowest BCUT2D eigenvalue weighted by atomic mass is 10.3. The summed E-state index contributed by atoms with van der Waals surface area (Å²) in [7, 11) is 1.81. The van der Waals surface area contributed by atoms with Crippen LogP contribution in [0.15, 0.2) is 29.5 Å². The fraction of sp³-hybridized carbons (Fsp3) is 0.250. The van der Waals surface area contributed by atoms with Gasteiger partial charge in [0.05, 0.1) is 12.2 Å². The molecule has 13 heavy (non-hydrogen) atoms. The molecule has 0 aliphatic carbocycles. The molecule has 0 saturated carbocycles. The minimum absolute atomic E-state index is 0.297. The van der Waals surface area contributed by atoms with Crippen molar-refractivity contribution >= 4 is 5.96 Å². The Labute approximate surface area is 77.1 Å². The van der Waals surface area contributed by atoms with Crippen LogP contribution in [-0.2, 0) is 6.54 Å². The molecular weight excluding hydrogens is 166 g/mol. The Morgan fingerprint density at radius 3 is 2.92 bits per heavy atom. The maximum atomic E-state index is 5.49. The minimum Gasteiger partial charge on any atom is -0.368 e. The zero-order chi connectivity index (χ0) is 9.68. The van der Waals surface area contributed by atoms with Crippen LogP contribution in [0.5, 0.6) is 0 Å². The first-order chi connectivity index (χ1) is 6.24. The van der Waals surface area contributed by atoms with Crippen molar-refractivity contribution in [3.05, 3.63) is 30.1 Å². The summed E-state index contributed by atoms with van der Waals surface area (Å²) in [5.41, 5.74) is 6.41. The molecule has 0 bridgehead atoms. The minimum atomic E-state index is 0.297. The van der Waals surface area contributed by atoms with Crippen LogP contribution in [0.4, 0.5) is 0 Å². The largest absolute Gasteiger partial charge is 0.368 e. The monoisotopic (exact) mass is 179 g/mol. The van der Waals surface area contributed by atoms with Gasteiger partial charge < -0.3 is 16.5 Å². The van der Waals surface area contributed by atoms with Gasteiger partial charge in [-0.15, -0.1) is 5.10 Å². The van der Waals surface area contributed by atoms with E-state index < -0.39 is 0 Å². The van der Waals surface area contributed by atoms with E-state index >= 15 is 0 Å². The summed E-state index contributed by atoms with van der Waals surface area (Å²) >= 11 is 0. The smallest absolute Gasteiger partial charge is 0.213 e. The quantitative estimate of drug-likeness (QED) is 0.283. The van der Waals surface area contributed by atoms with Gasteiger partial charge in [0.1, 0.15) is 0 Å². The van der Waals surface area contributed by atoms with Crippen molar-refractivity contribution in [1.82, 2.24) is 9.88 Å². The molecule has 1 rings (SSSR count). The molecule has 70 valence electrons. The van der Waals surface area contributed by atoms with Crippen LogP contribution in [0.1, 0.15) is 5.69 Å². The van der Waals surface area contributed by atoms with E-state index in [1.807, 2.05) is 18.2 Å². The number of rotatable bonds is 2. The zero-order valence-corrected chi connectivity index (χ0v) is 7.51. The van der Waals surface area contributed by atoms with E-state index in [0.29, 0.717) is 12.5 Å². The first-order valence-electron chi connectivity index (χ1n) is 3.88. The predicted octanol–water partition coefficient (Wildman–Crippen LogP) is -0.298. The fourth-order valence-corrected chi connectivity index (χ4v) is 0.914. The fourth-order valence-electron chi connectivity index (χ4n) is 0.914. The van der Waals surface area contributed by atoms with E-state index in [2.05, 4.69) is 10.1 Å². The SMILES string of the molecule is CN(Cc1ccccn1)/C(N)=N/N. The van der Waals surface area contributed by atoms with E-state index in [9.17, 15) is 0 Å². The predicted molar refractivity (Wildman–Crippen MR) is 51.5 cm³/mol. The molecule has 5 nitrogen and oxygen atoms in total. The van der Waals surface area contributed by atoms with Crippen LogP contribution < -0.4 is 11.6 Å². The van der Waals surface area contributed by atoms with Crippen LogP contribution >= 0.6 is 0 Å². The van der Waals surface area contributed by atoms with E-state index in [1.54, 1.807) is 18.1 Å². The van der Waals surface area contributed by atoms with Crippen molar-refractivity contribution in [3.8, 4) is 0 Å². The van der Waals surface area contributed by atoms with Gasteiger partial charge in [0, 0.05) is 13.2 Å². The van der Waals surface area contributed by atoms with Crippen LogP contribution in [0.25, 0.3) is 0 Å². The summed E-state index contributed by atoms with van der Waals surface area (Å²) in [4.78, 5) is 5.87. The molecule has 0 fully saturated rings. The van der Waals surface area contributed by atoms with E-state index in [4.69, 9.17) is 11.6 Å². The lowest BCUT2D eigenvalue weighted by Crippen LogP contribution is -2.34. The number of hydrogen-bond acceptors (Lipinski definition) is 3. The summed E-state index contributed by atoms with van der Waals surface area (Å²) in [5.74, 6) is 5.32. The second-order valence-corrected chi connectivity index (χ2v) is 2.66. The lowest BCUT2D eigenvalue weighted by molar-refractivity contribution is 0.485. The molecule has 5 heteroatoms. The molecule has 1 aromatic heterocycles. The Balaban J connectivity index is 2.60. The number of guanidine groups is 1. The highest BCUT2D eigenvalue weighted by Gasteiger charge is 2.02. The number of pyridine rings is 1. The maximum absolute atomic E-state index is 5.49. The third kappa shape index (κ3) is 2.62. The summed E-state index contributed by atoms with van der Waals surface area (Å²) in [6, 6.07) is 5.70. The first kappa shape index (κ1) is 9.31. The Morgan fingerprint density at radius 1 is 1.62 bits per heavy atom. The number of hydrogen-bond donors (Lipinski definition) is 2. The van der Waals surface area contributed by atoms with Crippen molar-refractivity contribution < 1.29 is 0 Å². The second kappa shape index (κ2) is 4.30. The van der Waals surface area contributed by atoms with Gasteiger partial charge in [-0.2, -0.15) is 0 Å². The number of nitrogens with two attached hydrogens (primary N) is 2. The summed E-state index contributed by atoms with van der Waals surface area (Å²) in [6.45, 7) is 0.605. The van der Waals surface area contributed by atoms with Gasteiger partial charge in [-0.05, 0) is 12.1 Å². The lowest BCUT2D eigenvalue weighted by Gasteiger charge is -2.15. The summed E-state index contributed by atoms with van der Waals surface area (Å²) in [6.07, 6.45) is 1.74. The number of aromatic nitrogens is 1. The molecule has 0 aliphatic heterocycles. The molecule has 0 spiro atoms. The van der Waals surface area contributed by atoms with E-state index in [1.165, 1.54) is 0 Å². The van der Waals surface area contributed by atoms with Crippen LogP contribution in [0.3, 0.4) is 0 Å². The first-order valence-corrected chi connectivity index (χ1v) is 3.88. The highest BCUT2D eigenvalue weighted by molar-refractivity contribution is 5.77. The van der Waals surface area contributed by atoms with Crippen molar-refractivity contribution in [2.45, 2.75) is 6.54 Å². The molecule has 0 amide bonds. The molecule has 1 heterocycles. The Bertz CT molecular complexity index is 282. The summed E-state index contributed by atoms with van der Waals surface area (Å²) < 4.78 is 0. The highest BCUT2D eigenvalue weighted by atomic mass is 15.3. The van der Waals surface area contributed by atoms with Crippen molar-refractivity contribution in [3.63, 3.8) is 0 Å². The number of hydrazone groups is 1. The van der Waals surface area contributed by atoms with Crippen LogP contribution in [0.2, 0.25) is 0 Å². The van der Waals surface area contributed by atoms with E-state index in [0.717, 1.165) is 5.69 Å². The molecule has 0 unspecified atom stereocenters. The normalized spacial score (nSPS) is 11.3. The third-order valence-electron chi connectivity index (χ3n) is 1.65.